The molecule has 0 unspecified atom stereocenters. The third-order valence-electron chi connectivity index (χ3n) is 4.87. The molecule has 4 nitrogen and oxygen atoms in total. The first kappa shape index (κ1) is 16.0. The van der Waals surface area contributed by atoms with E-state index < -0.39 is 11.9 Å². The van der Waals surface area contributed by atoms with E-state index in [1.165, 1.54) is 23.5 Å². The highest BCUT2D eigenvalue weighted by Gasteiger charge is 2.36. The van der Waals surface area contributed by atoms with Crippen molar-refractivity contribution >= 4 is 11.8 Å². The van der Waals surface area contributed by atoms with Crippen LogP contribution in [0, 0.1) is 5.82 Å². The van der Waals surface area contributed by atoms with E-state index in [1.54, 1.807) is 12.1 Å². The normalized spacial score (nSPS) is 22.1. The molecule has 5 heteroatoms. The molecular weight excluding hydrogens is 295 g/mol. The van der Waals surface area contributed by atoms with Gasteiger partial charge in [-0.05, 0) is 37.8 Å². The maximum absolute atomic E-state index is 13.8. The molecule has 1 aromatic carbocycles. The van der Waals surface area contributed by atoms with E-state index in [0.717, 1.165) is 32.1 Å². The number of benzene rings is 1. The van der Waals surface area contributed by atoms with E-state index in [9.17, 15) is 14.0 Å². The average molecular weight is 318 g/mol. The van der Waals surface area contributed by atoms with Crippen molar-refractivity contribution in [2.75, 3.05) is 6.54 Å². The summed E-state index contributed by atoms with van der Waals surface area (Å²) in [6, 6.07) is 5.71. The summed E-state index contributed by atoms with van der Waals surface area (Å²) in [5, 5.41) is 3.09. The number of hydrogen-bond acceptors (Lipinski definition) is 2. The molecule has 3 rings (SSSR count). The van der Waals surface area contributed by atoms with E-state index in [4.69, 9.17) is 0 Å². The van der Waals surface area contributed by atoms with Gasteiger partial charge in [0.15, 0.2) is 0 Å². The molecule has 1 aliphatic carbocycles. The molecule has 1 saturated heterocycles. The van der Waals surface area contributed by atoms with E-state index in [1.807, 2.05) is 0 Å². The summed E-state index contributed by atoms with van der Waals surface area (Å²) in [4.78, 5) is 26.7. The van der Waals surface area contributed by atoms with E-state index in [2.05, 4.69) is 5.32 Å². The molecule has 0 spiro atoms. The van der Waals surface area contributed by atoms with Gasteiger partial charge in [-0.3, -0.25) is 9.59 Å². The Morgan fingerprint density at radius 3 is 2.52 bits per heavy atom. The van der Waals surface area contributed by atoms with Crippen molar-refractivity contribution in [3.63, 3.8) is 0 Å². The molecule has 1 aliphatic heterocycles. The van der Waals surface area contributed by atoms with E-state index in [0.29, 0.717) is 13.0 Å². The van der Waals surface area contributed by atoms with Gasteiger partial charge in [0.2, 0.25) is 5.91 Å². The molecule has 124 valence electrons. The Labute approximate surface area is 136 Å². The predicted molar refractivity (Wildman–Crippen MR) is 85.5 cm³/mol. The van der Waals surface area contributed by atoms with Crippen molar-refractivity contribution in [2.45, 2.75) is 57.0 Å². The van der Waals surface area contributed by atoms with Crippen LogP contribution in [0.5, 0.6) is 0 Å². The highest BCUT2D eigenvalue weighted by molar-refractivity contribution is 5.98. The minimum Gasteiger partial charge on any atom is -0.352 e. The number of carbonyl (C=O) groups is 2. The van der Waals surface area contributed by atoms with Crippen molar-refractivity contribution < 1.29 is 14.0 Å². The summed E-state index contributed by atoms with van der Waals surface area (Å²) in [5.41, 5.74) is 0.0462. The molecule has 1 atom stereocenters. The van der Waals surface area contributed by atoms with Crippen molar-refractivity contribution in [3.8, 4) is 0 Å². The second-order valence-electron chi connectivity index (χ2n) is 6.48. The van der Waals surface area contributed by atoms with Crippen LogP contribution < -0.4 is 5.32 Å². The number of hydrogen-bond donors (Lipinski definition) is 1. The van der Waals surface area contributed by atoms with Crippen LogP contribution in [-0.4, -0.2) is 35.3 Å². The lowest BCUT2D eigenvalue weighted by atomic mass is 9.95. The molecule has 0 radical (unpaired) electrons. The predicted octanol–water partition coefficient (Wildman–Crippen LogP) is 2.88. The molecule has 1 N–H and O–H groups in total. The minimum absolute atomic E-state index is 0.0462. The molecule has 2 amide bonds. The number of likely N-dealkylation sites (tertiary alicyclic amines) is 1. The minimum atomic E-state index is -0.532. The zero-order valence-corrected chi connectivity index (χ0v) is 13.3. The Bertz CT molecular complexity index is 584. The Kier molecular flexibility index (Phi) is 4.94. The maximum atomic E-state index is 13.8. The quantitative estimate of drug-likeness (QED) is 0.931. The van der Waals surface area contributed by atoms with Gasteiger partial charge in [0.25, 0.3) is 5.91 Å². The summed E-state index contributed by atoms with van der Waals surface area (Å²) >= 11 is 0. The number of rotatable bonds is 3. The fourth-order valence-corrected chi connectivity index (χ4v) is 3.62. The van der Waals surface area contributed by atoms with Crippen molar-refractivity contribution in [1.82, 2.24) is 10.2 Å². The molecule has 23 heavy (non-hydrogen) atoms. The molecule has 0 bridgehead atoms. The standard InChI is InChI=1S/C18H23FN2O2/c19-15-10-5-4-9-14(15)18(23)21-12-6-11-16(21)17(22)20-13-7-2-1-3-8-13/h4-5,9-10,13,16H,1-3,6-8,11-12H2,(H,20,22)/t16-/m0/s1. The van der Waals surface area contributed by atoms with Crippen LogP contribution in [0.1, 0.15) is 55.3 Å². The third kappa shape index (κ3) is 3.54. The van der Waals surface area contributed by atoms with Gasteiger partial charge in [-0.15, -0.1) is 0 Å². The van der Waals surface area contributed by atoms with E-state index in [-0.39, 0.29) is 23.4 Å². The van der Waals surface area contributed by atoms with Crippen LogP contribution in [0.4, 0.5) is 4.39 Å². The Morgan fingerprint density at radius 2 is 1.78 bits per heavy atom. The SMILES string of the molecule is O=C(NC1CCCCC1)[C@@H]1CCCN1C(=O)c1ccccc1F. The Morgan fingerprint density at radius 1 is 1.04 bits per heavy atom. The summed E-state index contributed by atoms with van der Waals surface area (Å²) < 4.78 is 13.8. The topological polar surface area (TPSA) is 49.4 Å². The van der Waals surface area contributed by atoms with Crippen LogP contribution in [0.3, 0.4) is 0 Å². The van der Waals surface area contributed by atoms with Crippen molar-refractivity contribution in [3.05, 3.63) is 35.6 Å². The smallest absolute Gasteiger partial charge is 0.257 e. The van der Waals surface area contributed by atoms with Gasteiger partial charge in [0.05, 0.1) is 5.56 Å². The van der Waals surface area contributed by atoms with Gasteiger partial charge >= 0.3 is 0 Å². The first-order valence-electron chi connectivity index (χ1n) is 8.52. The maximum Gasteiger partial charge on any atom is 0.257 e. The number of halogens is 1. The zero-order chi connectivity index (χ0) is 16.2. The molecule has 1 heterocycles. The third-order valence-corrected chi connectivity index (χ3v) is 4.87. The van der Waals surface area contributed by atoms with Crippen LogP contribution in [0.15, 0.2) is 24.3 Å². The summed E-state index contributed by atoms with van der Waals surface area (Å²) in [5.74, 6) is -1.00. The fourth-order valence-electron chi connectivity index (χ4n) is 3.62. The molecule has 0 aromatic heterocycles. The fraction of sp³-hybridized carbons (Fsp3) is 0.556. The van der Waals surface area contributed by atoms with Gasteiger partial charge in [-0.1, -0.05) is 31.4 Å². The largest absolute Gasteiger partial charge is 0.352 e. The Balaban J connectivity index is 1.68. The summed E-state index contributed by atoms with van der Waals surface area (Å²) in [6.07, 6.45) is 6.98. The van der Waals surface area contributed by atoms with Gasteiger partial charge in [-0.2, -0.15) is 0 Å². The zero-order valence-electron chi connectivity index (χ0n) is 13.3. The highest BCUT2D eigenvalue weighted by Crippen LogP contribution is 2.23. The number of amides is 2. The van der Waals surface area contributed by atoms with Crippen LogP contribution >= 0.6 is 0 Å². The summed E-state index contributed by atoms with van der Waals surface area (Å²) in [7, 11) is 0. The molecule has 1 saturated carbocycles. The van der Waals surface area contributed by atoms with E-state index >= 15 is 0 Å². The monoisotopic (exact) mass is 318 g/mol. The Hall–Kier alpha value is -1.91. The first-order chi connectivity index (χ1) is 11.2. The second kappa shape index (κ2) is 7.11. The van der Waals surface area contributed by atoms with Crippen LogP contribution in [-0.2, 0) is 4.79 Å². The molecule has 2 aliphatic rings. The molecular formula is C18H23FN2O2. The van der Waals surface area contributed by atoms with Gasteiger partial charge in [-0.25, -0.2) is 4.39 Å². The lowest BCUT2D eigenvalue weighted by Gasteiger charge is -2.28. The molecule has 2 fully saturated rings. The van der Waals surface area contributed by atoms with Crippen LogP contribution in [0.25, 0.3) is 0 Å². The van der Waals surface area contributed by atoms with Gasteiger partial charge in [0, 0.05) is 12.6 Å². The number of nitrogens with zero attached hydrogens (tertiary/aromatic N) is 1. The average Bonchev–Trinajstić information content (AvgIpc) is 3.05. The number of carbonyl (C=O) groups excluding carboxylic acids is 2. The van der Waals surface area contributed by atoms with Gasteiger partial charge < -0.3 is 10.2 Å². The lowest BCUT2D eigenvalue weighted by Crippen LogP contribution is -2.49. The van der Waals surface area contributed by atoms with Crippen molar-refractivity contribution in [2.24, 2.45) is 0 Å². The first-order valence-corrected chi connectivity index (χ1v) is 8.52. The van der Waals surface area contributed by atoms with Gasteiger partial charge in [0.1, 0.15) is 11.9 Å². The van der Waals surface area contributed by atoms with Crippen LogP contribution in [0.2, 0.25) is 0 Å². The lowest BCUT2D eigenvalue weighted by molar-refractivity contribution is -0.125. The number of nitrogens with one attached hydrogen (secondary N) is 1. The second-order valence-corrected chi connectivity index (χ2v) is 6.48. The highest BCUT2D eigenvalue weighted by atomic mass is 19.1. The van der Waals surface area contributed by atoms with Crippen molar-refractivity contribution in [1.29, 1.82) is 0 Å². The molecule has 1 aromatic rings. The summed E-state index contributed by atoms with van der Waals surface area (Å²) in [6.45, 7) is 0.510.